The summed E-state index contributed by atoms with van der Waals surface area (Å²) in [7, 11) is 0. The number of aryl methyl sites for hydroxylation is 1. The first-order valence-corrected chi connectivity index (χ1v) is 8.34. The molecule has 7 heteroatoms. The number of oxime groups is 1. The molecule has 1 fully saturated rings. The molecule has 0 bridgehead atoms. The van der Waals surface area contributed by atoms with Crippen LogP contribution in [0.3, 0.4) is 0 Å². The van der Waals surface area contributed by atoms with E-state index in [0.29, 0.717) is 16.3 Å². The van der Waals surface area contributed by atoms with Crippen LogP contribution in [0.15, 0.2) is 53.7 Å². The average molecular weight is 369 g/mol. The Kier molecular flexibility index (Phi) is 3.85. The van der Waals surface area contributed by atoms with Crippen LogP contribution in [-0.4, -0.2) is 29.4 Å². The molecule has 2 amide bonds. The van der Waals surface area contributed by atoms with Crippen molar-refractivity contribution in [1.82, 2.24) is 0 Å². The van der Waals surface area contributed by atoms with Gasteiger partial charge in [-0.25, -0.2) is 4.90 Å². The van der Waals surface area contributed by atoms with Crippen LogP contribution >= 0.6 is 11.6 Å². The largest absolute Gasteiger partial charge is 0.381 e. The van der Waals surface area contributed by atoms with Crippen LogP contribution in [0.1, 0.15) is 15.9 Å². The van der Waals surface area contributed by atoms with E-state index in [1.807, 2.05) is 6.07 Å². The number of halogens is 1. The summed E-state index contributed by atoms with van der Waals surface area (Å²) in [5, 5.41) is 4.22. The number of ketones is 1. The van der Waals surface area contributed by atoms with Crippen LogP contribution in [-0.2, 0) is 14.4 Å². The van der Waals surface area contributed by atoms with Gasteiger partial charge >= 0.3 is 0 Å². The summed E-state index contributed by atoms with van der Waals surface area (Å²) in [6.45, 7) is 1.80. The molecule has 6 nitrogen and oxygen atoms in total. The fraction of sp³-hybridized carbons (Fsp3) is 0.158. The van der Waals surface area contributed by atoms with E-state index in [0.717, 1.165) is 10.5 Å². The molecule has 0 saturated carbocycles. The highest BCUT2D eigenvalue weighted by Crippen LogP contribution is 2.35. The van der Waals surface area contributed by atoms with Crippen LogP contribution in [0.2, 0.25) is 5.02 Å². The average Bonchev–Trinajstić information content (AvgIpc) is 3.17. The van der Waals surface area contributed by atoms with E-state index in [2.05, 4.69) is 5.16 Å². The lowest BCUT2D eigenvalue weighted by Crippen LogP contribution is -2.34. The smallest absolute Gasteiger partial charge is 0.278 e. The van der Waals surface area contributed by atoms with E-state index in [1.54, 1.807) is 49.4 Å². The number of fused-ring (bicyclic) bond motifs is 1. The number of hydrogen-bond acceptors (Lipinski definition) is 5. The van der Waals surface area contributed by atoms with Gasteiger partial charge in [0, 0.05) is 10.6 Å². The van der Waals surface area contributed by atoms with Gasteiger partial charge in [-0.15, -0.1) is 0 Å². The number of Topliss-reactive ketones (excluding diaryl/α,β-unsaturated/α-hetero) is 1. The number of para-hydroxylation sites is 1. The van der Waals surface area contributed by atoms with Crippen molar-refractivity contribution in [3.63, 3.8) is 0 Å². The van der Waals surface area contributed by atoms with Crippen LogP contribution in [0.5, 0.6) is 0 Å². The summed E-state index contributed by atoms with van der Waals surface area (Å²) in [4.78, 5) is 44.6. The van der Waals surface area contributed by atoms with Gasteiger partial charge in [0.2, 0.25) is 17.8 Å². The van der Waals surface area contributed by atoms with Crippen molar-refractivity contribution in [3.05, 3.63) is 64.7 Å². The van der Waals surface area contributed by atoms with Gasteiger partial charge in [-0.3, -0.25) is 14.4 Å². The Morgan fingerprint density at radius 1 is 1.08 bits per heavy atom. The summed E-state index contributed by atoms with van der Waals surface area (Å²) >= 11 is 5.84. The van der Waals surface area contributed by atoms with Crippen molar-refractivity contribution in [2.75, 3.05) is 4.90 Å². The van der Waals surface area contributed by atoms with E-state index in [9.17, 15) is 14.4 Å². The first-order valence-electron chi connectivity index (χ1n) is 7.96. The number of carbonyl (C=O) groups is 3. The van der Waals surface area contributed by atoms with Gasteiger partial charge < -0.3 is 4.84 Å². The number of benzene rings is 2. The minimum Gasteiger partial charge on any atom is -0.381 e. The summed E-state index contributed by atoms with van der Waals surface area (Å²) in [5.41, 5.74) is 1.52. The zero-order valence-corrected chi connectivity index (χ0v) is 14.4. The predicted molar refractivity (Wildman–Crippen MR) is 95.3 cm³/mol. The molecule has 0 spiro atoms. The Bertz CT molecular complexity index is 968. The molecule has 0 aliphatic carbocycles. The highest BCUT2D eigenvalue weighted by molar-refractivity contribution is 6.52. The van der Waals surface area contributed by atoms with Crippen LogP contribution in [0.4, 0.5) is 5.69 Å². The molecule has 2 atom stereocenters. The highest BCUT2D eigenvalue weighted by atomic mass is 35.5. The van der Waals surface area contributed by atoms with E-state index in [4.69, 9.17) is 16.4 Å². The standard InChI is InChI=1S/C19H13ClN2O4/c1-10-4-2-3-5-13(10)22-18(24)14-15(21-26-17(14)19(22)25)16(23)11-6-8-12(20)9-7-11/h2-9,14,17H,1H3. The van der Waals surface area contributed by atoms with Crippen LogP contribution in [0, 0.1) is 12.8 Å². The molecule has 2 aromatic rings. The highest BCUT2D eigenvalue weighted by Gasteiger charge is 2.57. The fourth-order valence-electron chi connectivity index (χ4n) is 3.17. The second kappa shape index (κ2) is 6.07. The van der Waals surface area contributed by atoms with E-state index < -0.39 is 29.6 Å². The monoisotopic (exact) mass is 368 g/mol. The molecule has 4 rings (SSSR count). The quantitative estimate of drug-likeness (QED) is 0.616. The summed E-state index contributed by atoms with van der Waals surface area (Å²) < 4.78 is 0. The number of nitrogens with zero attached hydrogens (tertiary/aromatic N) is 2. The van der Waals surface area contributed by atoms with Crippen molar-refractivity contribution < 1.29 is 19.2 Å². The second-order valence-corrected chi connectivity index (χ2v) is 6.55. The maximum Gasteiger partial charge on any atom is 0.278 e. The molecule has 1 saturated heterocycles. The Balaban J connectivity index is 1.68. The minimum absolute atomic E-state index is 0.0632. The number of anilines is 1. The van der Waals surface area contributed by atoms with Crippen molar-refractivity contribution in [1.29, 1.82) is 0 Å². The molecule has 130 valence electrons. The maximum absolute atomic E-state index is 12.9. The molecule has 2 aromatic carbocycles. The van der Waals surface area contributed by atoms with Crippen LogP contribution < -0.4 is 4.90 Å². The molecule has 2 unspecified atom stereocenters. The molecule has 0 N–H and O–H groups in total. The lowest BCUT2D eigenvalue weighted by molar-refractivity contribution is -0.126. The Hall–Kier alpha value is -2.99. The SMILES string of the molecule is Cc1ccccc1N1C(=O)C2ON=C(C(=O)c3ccc(Cl)cc3)C2C1=O. The normalized spacial score (nSPS) is 21.5. The zero-order valence-electron chi connectivity index (χ0n) is 13.7. The van der Waals surface area contributed by atoms with Gasteiger partial charge in [0.15, 0.2) is 0 Å². The Labute approximate surface area is 154 Å². The van der Waals surface area contributed by atoms with Crippen molar-refractivity contribution in [2.24, 2.45) is 11.1 Å². The Morgan fingerprint density at radius 3 is 2.46 bits per heavy atom. The van der Waals surface area contributed by atoms with Crippen LogP contribution in [0.25, 0.3) is 0 Å². The van der Waals surface area contributed by atoms with E-state index in [-0.39, 0.29) is 5.71 Å². The number of imide groups is 1. The molecular weight excluding hydrogens is 356 g/mol. The lowest BCUT2D eigenvalue weighted by atomic mass is 9.93. The molecule has 0 aromatic heterocycles. The van der Waals surface area contributed by atoms with Gasteiger partial charge in [0.1, 0.15) is 11.6 Å². The van der Waals surface area contributed by atoms with Crippen molar-refractivity contribution in [3.8, 4) is 0 Å². The van der Waals surface area contributed by atoms with E-state index >= 15 is 0 Å². The van der Waals surface area contributed by atoms with Crippen molar-refractivity contribution >= 4 is 40.6 Å². The van der Waals surface area contributed by atoms with Gasteiger partial charge in [0.25, 0.3) is 5.91 Å². The second-order valence-electron chi connectivity index (χ2n) is 6.11. The Morgan fingerprint density at radius 2 is 1.77 bits per heavy atom. The molecule has 26 heavy (non-hydrogen) atoms. The first kappa shape index (κ1) is 16.5. The number of hydrogen-bond donors (Lipinski definition) is 0. The summed E-state index contributed by atoms with van der Waals surface area (Å²) in [6, 6.07) is 13.3. The zero-order chi connectivity index (χ0) is 18.4. The number of rotatable bonds is 3. The number of amides is 2. The minimum atomic E-state index is -1.10. The third kappa shape index (κ3) is 2.42. The fourth-order valence-corrected chi connectivity index (χ4v) is 3.29. The molecule has 2 aliphatic rings. The summed E-state index contributed by atoms with van der Waals surface area (Å²) in [6.07, 6.45) is -1.10. The van der Waals surface area contributed by atoms with Crippen molar-refractivity contribution in [2.45, 2.75) is 13.0 Å². The van der Waals surface area contributed by atoms with Gasteiger partial charge in [-0.05, 0) is 42.8 Å². The van der Waals surface area contributed by atoms with Gasteiger partial charge in [-0.2, -0.15) is 0 Å². The molecule has 2 heterocycles. The summed E-state index contributed by atoms with van der Waals surface area (Å²) in [5.74, 6) is -2.52. The number of carbonyl (C=O) groups excluding carboxylic acids is 3. The third-order valence-corrected chi connectivity index (χ3v) is 4.76. The molecule has 2 aliphatic heterocycles. The van der Waals surface area contributed by atoms with E-state index in [1.165, 1.54) is 0 Å². The maximum atomic E-state index is 12.9. The third-order valence-electron chi connectivity index (χ3n) is 4.51. The van der Waals surface area contributed by atoms with Gasteiger partial charge in [0.05, 0.1) is 5.69 Å². The first-order chi connectivity index (χ1) is 12.5. The topological polar surface area (TPSA) is 76.0 Å². The van der Waals surface area contributed by atoms with Gasteiger partial charge in [-0.1, -0.05) is 35.0 Å². The molecular formula is C19H13ClN2O4. The molecule has 0 radical (unpaired) electrons. The lowest BCUT2D eigenvalue weighted by Gasteiger charge is -2.17. The predicted octanol–water partition coefficient (Wildman–Crippen LogP) is 2.78.